The van der Waals surface area contributed by atoms with Gasteiger partial charge in [0.05, 0.1) is 21.9 Å². The normalized spacial score (nSPS) is 14.3. The molecule has 0 unspecified atom stereocenters. The zero-order valence-corrected chi connectivity index (χ0v) is 18.1. The molecule has 2 heterocycles. The van der Waals surface area contributed by atoms with E-state index >= 15 is 8.63 Å². The standard InChI is InChI=1S/C23H17BF2N4OS/c1-29(2)19-10-7-17(8-11-19)22-28-23-30(24(25,26)31-22)20-12-9-18(13-21(20)32-23)16-5-3-15(14-27)4-6-16/h3-13H,1-2H3. The zero-order valence-electron chi connectivity index (χ0n) is 17.3. The van der Waals surface area contributed by atoms with Gasteiger partial charge >= 0.3 is 12.2 Å². The summed E-state index contributed by atoms with van der Waals surface area (Å²) < 4.78 is 36.9. The largest absolute Gasteiger partial charge is 0.737 e. The van der Waals surface area contributed by atoms with Crippen molar-refractivity contribution < 1.29 is 17.8 Å². The smallest absolute Gasteiger partial charge is 0.590 e. The van der Waals surface area contributed by atoms with Crippen molar-refractivity contribution in [2.75, 3.05) is 19.0 Å². The van der Waals surface area contributed by atoms with Crippen molar-refractivity contribution in [1.82, 2.24) is 0 Å². The number of thiazole rings is 1. The van der Waals surface area contributed by atoms with Crippen molar-refractivity contribution in [2.45, 2.75) is 0 Å². The topological polar surface area (TPSA) is 52.5 Å². The van der Waals surface area contributed by atoms with Crippen LogP contribution in [0.1, 0.15) is 11.1 Å². The van der Waals surface area contributed by atoms with Crippen LogP contribution in [0.3, 0.4) is 0 Å². The van der Waals surface area contributed by atoms with Gasteiger partial charge in [-0.05, 0) is 71.0 Å². The molecule has 4 aromatic rings. The van der Waals surface area contributed by atoms with Crippen LogP contribution in [0.25, 0.3) is 21.3 Å². The predicted molar refractivity (Wildman–Crippen MR) is 124 cm³/mol. The van der Waals surface area contributed by atoms with Crippen LogP contribution in [-0.4, -0.2) is 27.0 Å². The highest BCUT2D eigenvalue weighted by Crippen LogP contribution is 2.35. The summed E-state index contributed by atoms with van der Waals surface area (Å²) in [6, 6.07) is 21.7. The first-order chi connectivity index (χ1) is 15.4. The highest BCUT2D eigenvalue weighted by Gasteiger charge is 2.49. The first kappa shape index (κ1) is 20.2. The molecule has 5 rings (SSSR count). The molecule has 1 aliphatic rings. The van der Waals surface area contributed by atoms with E-state index in [9.17, 15) is 0 Å². The Balaban J connectivity index is 1.58. The lowest BCUT2D eigenvalue weighted by atomic mass is 10.0. The number of hydrogen-bond donors (Lipinski definition) is 0. The lowest BCUT2D eigenvalue weighted by molar-refractivity contribution is -0.536. The summed E-state index contributed by atoms with van der Waals surface area (Å²) in [5.41, 5.74) is 4.17. The number of aromatic nitrogens is 1. The van der Waals surface area contributed by atoms with Crippen LogP contribution in [0.5, 0.6) is 0 Å². The van der Waals surface area contributed by atoms with Gasteiger partial charge in [-0.15, -0.1) is 0 Å². The molecular weight excluding hydrogens is 429 g/mol. The first-order valence-electron chi connectivity index (χ1n) is 9.91. The van der Waals surface area contributed by atoms with E-state index in [1.165, 1.54) is 11.3 Å². The Kier molecular flexibility index (Phi) is 4.68. The average molecular weight is 446 g/mol. The SMILES string of the molecule is CN(C)c1ccc(C2=Nc3sc4cc(-c5ccc(C#N)cc5)ccc4[n+]3[B-](F)(F)O2)cc1. The van der Waals surface area contributed by atoms with Crippen molar-refractivity contribution in [3.63, 3.8) is 0 Å². The van der Waals surface area contributed by atoms with Crippen LogP contribution in [-0.2, 0) is 4.65 Å². The van der Waals surface area contributed by atoms with E-state index in [0.29, 0.717) is 21.3 Å². The molecule has 158 valence electrons. The van der Waals surface area contributed by atoms with E-state index in [2.05, 4.69) is 11.1 Å². The molecule has 0 aliphatic carbocycles. The predicted octanol–water partition coefficient (Wildman–Crippen LogP) is 5.12. The number of fused-ring (bicyclic) bond motifs is 3. The first-order valence-corrected chi connectivity index (χ1v) is 10.7. The average Bonchev–Trinajstić information content (AvgIpc) is 3.17. The summed E-state index contributed by atoms with van der Waals surface area (Å²) in [4.78, 5) is 6.34. The van der Waals surface area contributed by atoms with Crippen LogP contribution >= 0.6 is 11.3 Å². The van der Waals surface area contributed by atoms with Crippen molar-refractivity contribution in [1.29, 1.82) is 5.26 Å². The molecule has 0 radical (unpaired) electrons. The molecular formula is C23H17BF2N4OS. The zero-order chi connectivity index (χ0) is 22.5. The summed E-state index contributed by atoms with van der Waals surface area (Å²) in [6.07, 6.45) is 0. The van der Waals surface area contributed by atoms with Gasteiger partial charge in [0.2, 0.25) is 0 Å². The summed E-state index contributed by atoms with van der Waals surface area (Å²) in [5, 5.41) is 9.17. The molecule has 1 aromatic heterocycles. The summed E-state index contributed by atoms with van der Waals surface area (Å²) in [7, 11) is -0.512. The van der Waals surface area contributed by atoms with Crippen LogP contribution in [0.4, 0.5) is 19.5 Å². The molecule has 0 spiro atoms. The van der Waals surface area contributed by atoms with Crippen molar-refractivity contribution in [2.24, 2.45) is 4.99 Å². The maximum absolute atomic E-state index is 15.1. The number of rotatable bonds is 3. The maximum atomic E-state index is 15.1. The molecule has 0 atom stereocenters. The lowest BCUT2D eigenvalue weighted by Gasteiger charge is -2.26. The fraction of sp³-hybridized carbons (Fsp3) is 0.0870. The molecule has 0 fully saturated rings. The Morgan fingerprint density at radius 2 is 1.62 bits per heavy atom. The van der Waals surface area contributed by atoms with Crippen LogP contribution < -0.4 is 9.38 Å². The highest BCUT2D eigenvalue weighted by molar-refractivity contribution is 7.21. The number of benzene rings is 3. The Hall–Kier alpha value is -3.77. The van der Waals surface area contributed by atoms with Gasteiger partial charge in [0.15, 0.2) is 0 Å². The summed E-state index contributed by atoms with van der Waals surface area (Å²) >= 11 is 1.20. The van der Waals surface area contributed by atoms with Crippen molar-refractivity contribution in [3.05, 3.63) is 77.9 Å². The molecule has 0 amide bonds. The second-order valence-electron chi connectivity index (χ2n) is 7.66. The third-order valence-corrected chi connectivity index (χ3v) is 6.37. The third kappa shape index (κ3) is 3.39. The molecule has 0 saturated heterocycles. The minimum absolute atomic E-state index is 0.0841. The molecule has 0 saturated carbocycles. The molecule has 1 aliphatic heterocycles. The van der Waals surface area contributed by atoms with Gasteiger partial charge in [-0.2, -0.15) is 5.26 Å². The molecule has 9 heteroatoms. The maximum Gasteiger partial charge on any atom is 0.737 e. The van der Waals surface area contributed by atoms with Crippen LogP contribution in [0.2, 0.25) is 0 Å². The fourth-order valence-corrected chi connectivity index (χ4v) is 4.77. The number of hydrogen-bond acceptors (Lipinski definition) is 5. The second-order valence-corrected chi connectivity index (χ2v) is 8.67. The molecule has 5 nitrogen and oxygen atoms in total. The van der Waals surface area contributed by atoms with E-state index in [1.54, 1.807) is 36.4 Å². The summed E-state index contributed by atoms with van der Waals surface area (Å²) in [5.74, 6) is -0.0841. The fourth-order valence-electron chi connectivity index (χ4n) is 3.66. The number of aliphatic imine (C=N–C) groups is 1. The van der Waals surface area contributed by atoms with E-state index in [4.69, 9.17) is 9.92 Å². The third-order valence-electron chi connectivity index (χ3n) is 5.36. The lowest BCUT2D eigenvalue weighted by Crippen LogP contribution is -2.62. The van der Waals surface area contributed by atoms with E-state index in [0.717, 1.165) is 21.3 Å². The minimum Gasteiger partial charge on any atom is -0.590 e. The Bertz CT molecular complexity index is 1410. The number of nitrogens with zero attached hydrogens (tertiary/aromatic N) is 4. The molecule has 0 bridgehead atoms. The summed E-state index contributed by atoms with van der Waals surface area (Å²) in [6.45, 7) is 0. The van der Waals surface area contributed by atoms with Crippen LogP contribution in [0.15, 0.2) is 71.7 Å². The molecule has 3 aromatic carbocycles. The van der Waals surface area contributed by atoms with Gasteiger partial charge in [-0.1, -0.05) is 18.2 Å². The quantitative estimate of drug-likeness (QED) is 0.411. The van der Waals surface area contributed by atoms with Gasteiger partial charge in [0.1, 0.15) is 5.52 Å². The van der Waals surface area contributed by atoms with E-state index in [1.807, 2.05) is 49.3 Å². The Labute approximate surface area is 187 Å². The van der Waals surface area contributed by atoms with Gasteiger partial charge in [0, 0.05) is 24.8 Å². The molecule has 32 heavy (non-hydrogen) atoms. The van der Waals surface area contributed by atoms with Gasteiger partial charge in [-0.3, -0.25) is 0 Å². The number of nitriles is 1. The minimum atomic E-state index is -4.33. The van der Waals surface area contributed by atoms with Crippen molar-refractivity contribution >= 4 is 45.3 Å². The Morgan fingerprint density at radius 3 is 2.28 bits per heavy atom. The highest BCUT2D eigenvalue weighted by atomic mass is 32.1. The number of halogens is 2. The van der Waals surface area contributed by atoms with Crippen molar-refractivity contribution in [3.8, 4) is 17.2 Å². The monoisotopic (exact) mass is 446 g/mol. The second kappa shape index (κ2) is 7.43. The van der Waals surface area contributed by atoms with Gasteiger partial charge in [0.25, 0.3) is 5.90 Å². The number of anilines is 1. The van der Waals surface area contributed by atoms with Gasteiger partial charge < -0.3 is 22.7 Å². The van der Waals surface area contributed by atoms with Gasteiger partial charge in [-0.25, -0.2) is 0 Å². The van der Waals surface area contributed by atoms with E-state index in [-0.39, 0.29) is 11.0 Å². The Morgan fingerprint density at radius 1 is 0.969 bits per heavy atom. The molecule has 0 N–H and O–H groups in total. The van der Waals surface area contributed by atoms with E-state index < -0.39 is 7.04 Å². The van der Waals surface area contributed by atoms with Crippen LogP contribution in [0, 0.1) is 11.3 Å².